The molecular formula is C15H15ClFN3O2S. The number of rotatable bonds is 4. The molecule has 1 N–H and O–H groups in total. The van der Waals surface area contributed by atoms with Crippen molar-refractivity contribution in [3.63, 3.8) is 0 Å². The minimum atomic E-state index is -0.526. The highest BCUT2D eigenvalue weighted by Gasteiger charge is 2.19. The lowest BCUT2D eigenvalue weighted by Crippen LogP contribution is -2.25. The Morgan fingerprint density at radius 3 is 3.17 bits per heavy atom. The van der Waals surface area contributed by atoms with Crippen LogP contribution in [0, 0.1) is 5.82 Å². The van der Waals surface area contributed by atoms with Gasteiger partial charge in [0.05, 0.1) is 10.7 Å². The van der Waals surface area contributed by atoms with Gasteiger partial charge in [0.2, 0.25) is 0 Å². The van der Waals surface area contributed by atoms with Crippen LogP contribution in [0.1, 0.15) is 10.6 Å². The summed E-state index contributed by atoms with van der Waals surface area (Å²) in [6.07, 6.45) is 0.892. The first kappa shape index (κ1) is 16.2. The number of hydrogen-bond acceptors (Lipinski definition) is 5. The molecule has 0 aliphatic carbocycles. The van der Waals surface area contributed by atoms with Gasteiger partial charge < -0.3 is 9.64 Å². The molecule has 0 spiro atoms. The number of amides is 1. The van der Waals surface area contributed by atoms with E-state index in [1.165, 1.54) is 34.4 Å². The van der Waals surface area contributed by atoms with Crippen LogP contribution in [-0.2, 0) is 17.8 Å². The molecule has 1 aliphatic heterocycles. The summed E-state index contributed by atoms with van der Waals surface area (Å²) in [4.78, 5) is 19.8. The Labute approximate surface area is 142 Å². The van der Waals surface area contributed by atoms with Gasteiger partial charge in [-0.2, -0.15) is 0 Å². The fourth-order valence-electron chi connectivity index (χ4n) is 2.25. The van der Waals surface area contributed by atoms with Gasteiger partial charge in [0.1, 0.15) is 11.6 Å². The molecule has 1 aromatic carbocycles. The number of ether oxygens (including phenoxy) is 1. The zero-order chi connectivity index (χ0) is 16.4. The summed E-state index contributed by atoms with van der Waals surface area (Å²) in [6.45, 7) is 1.64. The molecule has 3 rings (SSSR count). The number of hydrogen-bond donors (Lipinski definition) is 1. The van der Waals surface area contributed by atoms with Crippen LogP contribution in [0.5, 0.6) is 5.75 Å². The maximum atomic E-state index is 13.0. The molecule has 0 radical (unpaired) electrons. The van der Waals surface area contributed by atoms with Crippen molar-refractivity contribution in [1.29, 1.82) is 0 Å². The van der Waals surface area contributed by atoms with Crippen LogP contribution in [0.25, 0.3) is 0 Å². The predicted octanol–water partition coefficient (Wildman–Crippen LogP) is 2.94. The highest BCUT2D eigenvalue weighted by Crippen LogP contribution is 2.27. The number of fused-ring (bicyclic) bond motifs is 1. The van der Waals surface area contributed by atoms with E-state index in [0.29, 0.717) is 10.9 Å². The van der Waals surface area contributed by atoms with Gasteiger partial charge in [0, 0.05) is 30.5 Å². The Bertz CT molecular complexity index is 738. The van der Waals surface area contributed by atoms with Gasteiger partial charge in [-0.1, -0.05) is 11.6 Å². The predicted molar refractivity (Wildman–Crippen MR) is 87.7 cm³/mol. The number of carbonyl (C=O) groups is 1. The van der Waals surface area contributed by atoms with E-state index in [-0.39, 0.29) is 17.5 Å². The summed E-state index contributed by atoms with van der Waals surface area (Å²) in [5.74, 6) is -0.502. The molecule has 8 heteroatoms. The molecule has 1 amide bonds. The molecule has 1 aromatic heterocycles. The first-order valence-electron chi connectivity index (χ1n) is 7.06. The molecule has 0 bridgehead atoms. The molecule has 2 heterocycles. The van der Waals surface area contributed by atoms with E-state index in [1.54, 1.807) is 0 Å². The summed E-state index contributed by atoms with van der Waals surface area (Å²) in [7, 11) is 2.06. The summed E-state index contributed by atoms with van der Waals surface area (Å²) in [6, 6.07) is 3.95. The van der Waals surface area contributed by atoms with Crippen LogP contribution in [0.15, 0.2) is 18.2 Å². The summed E-state index contributed by atoms with van der Waals surface area (Å²) >= 11 is 7.14. The maximum Gasteiger partial charge on any atom is 0.264 e. The lowest BCUT2D eigenvalue weighted by Gasteiger charge is -2.20. The second kappa shape index (κ2) is 6.82. The minimum Gasteiger partial charge on any atom is -0.484 e. The molecule has 23 heavy (non-hydrogen) atoms. The summed E-state index contributed by atoms with van der Waals surface area (Å²) in [5, 5.41) is 3.27. The fraction of sp³-hybridized carbons (Fsp3) is 0.333. The third-order valence-electron chi connectivity index (χ3n) is 3.43. The zero-order valence-electron chi connectivity index (χ0n) is 12.4. The number of aromatic nitrogens is 1. The van der Waals surface area contributed by atoms with Gasteiger partial charge in [0.25, 0.3) is 5.91 Å². The Morgan fingerprint density at radius 2 is 2.39 bits per heavy atom. The van der Waals surface area contributed by atoms with Crippen molar-refractivity contribution < 1.29 is 13.9 Å². The van der Waals surface area contributed by atoms with E-state index >= 15 is 0 Å². The molecular weight excluding hydrogens is 341 g/mol. The summed E-state index contributed by atoms with van der Waals surface area (Å²) in [5.41, 5.74) is 1.05. The molecule has 122 valence electrons. The number of likely N-dealkylation sites (N-methyl/N-ethyl adjacent to an activating group) is 1. The van der Waals surface area contributed by atoms with Crippen molar-refractivity contribution in [1.82, 2.24) is 9.88 Å². The van der Waals surface area contributed by atoms with Crippen molar-refractivity contribution in [2.45, 2.75) is 13.0 Å². The molecule has 0 unspecified atom stereocenters. The first-order chi connectivity index (χ1) is 11.0. The second-order valence-electron chi connectivity index (χ2n) is 5.29. The van der Waals surface area contributed by atoms with E-state index in [9.17, 15) is 9.18 Å². The number of anilines is 1. The molecule has 5 nitrogen and oxygen atoms in total. The van der Waals surface area contributed by atoms with Crippen LogP contribution >= 0.6 is 22.9 Å². The van der Waals surface area contributed by atoms with E-state index in [1.807, 2.05) is 0 Å². The lowest BCUT2D eigenvalue weighted by molar-refractivity contribution is -0.118. The highest BCUT2D eigenvalue weighted by molar-refractivity contribution is 7.15. The van der Waals surface area contributed by atoms with Gasteiger partial charge >= 0.3 is 0 Å². The van der Waals surface area contributed by atoms with Crippen LogP contribution < -0.4 is 10.1 Å². The quantitative estimate of drug-likeness (QED) is 0.916. The topological polar surface area (TPSA) is 54.5 Å². The van der Waals surface area contributed by atoms with Crippen LogP contribution in [0.4, 0.5) is 9.52 Å². The number of halogens is 2. The second-order valence-corrected chi connectivity index (χ2v) is 6.78. The van der Waals surface area contributed by atoms with Crippen molar-refractivity contribution in [3.8, 4) is 5.75 Å². The number of carbonyl (C=O) groups excluding carboxylic acids is 1. The molecule has 0 fully saturated rings. The van der Waals surface area contributed by atoms with Crippen molar-refractivity contribution in [2.24, 2.45) is 0 Å². The van der Waals surface area contributed by atoms with Crippen molar-refractivity contribution in [2.75, 3.05) is 25.5 Å². The Kier molecular flexibility index (Phi) is 4.79. The zero-order valence-corrected chi connectivity index (χ0v) is 14.0. The Morgan fingerprint density at radius 1 is 1.57 bits per heavy atom. The molecule has 1 aliphatic rings. The average molecular weight is 356 g/mol. The van der Waals surface area contributed by atoms with E-state index in [2.05, 4.69) is 22.2 Å². The fourth-order valence-corrected chi connectivity index (χ4v) is 3.52. The highest BCUT2D eigenvalue weighted by atomic mass is 35.5. The largest absolute Gasteiger partial charge is 0.484 e. The third kappa shape index (κ3) is 3.99. The van der Waals surface area contributed by atoms with E-state index in [0.717, 1.165) is 25.2 Å². The number of benzene rings is 1. The first-order valence-corrected chi connectivity index (χ1v) is 8.25. The number of thiazole rings is 1. The van der Waals surface area contributed by atoms with Gasteiger partial charge in [-0.05, 0) is 19.2 Å². The summed E-state index contributed by atoms with van der Waals surface area (Å²) < 4.78 is 18.3. The minimum absolute atomic E-state index is 0.0420. The lowest BCUT2D eigenvalue weighted by atomic mass is 10.2. The standard InChI is InChI=1S/C15H15ClFN3O2S/c1-20-5-4-12-13(7-20)23-15(18-12)19-14(21)8-22-9-2-3-11(17)10(16)6-9/h2-3,6H,4-5,7-8H2,1H3,(H,18,19,21). The maximum absolute atomic E-state index is 13.0. The van der Waals surface area contributed by atoms with Crippen LogP contribution in [0.3, 0.4) is 0 Å². The number of nitrogens with zero attached hydrogens (tertiary/aromatic N) is 2. The van der Waals surface area contributed by atoms with Gasteiger partial charge in [0.15, 0.2) is 11.7 Å². The van der Waals surface area contributed by atoms with Gasteiger partial charge in [-0.3, -0.25) is 10.1 Å². The smallest absolute Gasteiger partial charge is 0.264 e. The van der Waals surface area contributed by atoms with Crippen molar-refractivity contribution in [3.05, 3.63) is 39.6 Å². The van der Waals surface area contributed by atoms with Crippen LogP contribution in [0.2, 0.25) is 5.02 Å². The molecule has 2 aromatic rings. The average Bonchev–Trinajstić information content (AvgIpc) is 2.89. The molecule has 0 atom stereocenters. The van der Waals surface area contributed by atoms with Gasteiger partial charge in [-0.15, -0.1) is 11.3 Å². The van der Waals surface area contributed by atoms with Gasteiger partial charge in [-0.25, -0.2) is 9.37 Å². The monoisotopic (exact) mass is 355 g/mol. The Hall–Kier alpha value is -1.70. The normalized spacial score (nSPS) is 14.4. The molecule has 0 saturated heterocycles. The van der Waals surface area contributed by atoms with E-state index < -0.39 is 5.82 Å². The number of nitrogens with one attached hydrogen (secondary N) is 1. The van der Waals surface area contributed by atoms with Crippen molar-refractivity contribution >= 4 is 34.0 Å². The third-order valence-corrected chi connectivity index (χ3v) is 4.72. The Balaban J connectivity index is 1.56. The molecule has 0 saturated carbocycles. The SMILES string of the molecule is CN1CCc2nc(NC(=O)COc3ccc(F)c(Cl)c3)sc2C1. The van der Waals surface area contributed by atoms with E-state index in [4.69, 9.17) is 16.3 Å². The van der Waals surface area contributed by atoms with Crippen LogP contribution in [-0.4, -0.2) is 36.0 Å².